The molecule has 134 valence electrons. The average molecular weight is 364 g/mol. The highest BCUT2D eigenvalue weighted by Crippen LogP contribution is 2.31. The van der Waals surface area contributed by atoms with Crippen LogP contribution in [-0.4, -0.2) is 20.6 Å². The summed E-state index contributed by atoms with van der Waals surface area (Å²) in [4.78, 5) is 15.7. The number of rotatable bonds is 3. The third kappa shape index (κ3) is 2.63. The van der Waals surface area contributed by atoms with Crippen LogP contribution in [0.4, 0.5) is 0 Å². The number of carbonyl (C=O) groups is 1. The van der Waals surface area contributed by atoms with Gasteiger partial charge in [-0.25, -0.2) is 9.78 Å². The molecule has 4 nitrogen and oxygen atoms in total. The summed E-state index contributed by atoms with van der Waals surface area (Å²) in [5.74, 6) is -0.914. The van der Waals surface area contributed by atoms with Crippen LogP contribution in [0.1, 0.15) is 10.4 Å². The van der Waals surface area contributed by atoms with Crippen LogP contribution in [0.3, 0.4) is 0 Å². The fourth-order valence-corrected chi connectivity index (χ4v) is 3.63. The molecule has 4 aromatic carbocycles. The monoisotopic (exact) mass is 364 g/mol. The van der Waals surface area contributed by atoms with Crippen molar-refractivity contribution >= 4 is 27.8 Å². The SMILES string of the molecule is O=C(O)c1ccc2cc(-c3ccccc3-n3cnc4ccccc43)ccc2c1. The molecule has 0 saturated heterocycles. The number of imidazole rings is 1. The Labute approximate surface area is 161 Å². The van der Waals surface area contributed by atoms with Crippen LogP contribution >= 0.6 is 0 Å². The highest BCUT2D eigenvalue weighted by molar-refractivity contribution is 5.96. The van der Waals surface area contributed by atoms with E-state index in [0.29, 0.717) is 5.56 Å². The lowest BCUT2D eigenvalue weighted by molar-refractivity contribution is 0.0697. The zero-order valence-corrected chi connectivity index (χ0v) is 14.9. The van der Waals surface area contributed by atoms with Gasteiger partial charge >= 0.3 is 5.97 Å². The summed E-state index contributed by atoms with van der Waals surface area (Å²) in [6.45, 7) is 0. The Morgan fingerprint density at radius 1 is 0.821 bits per heavy atom. The number of aromatic nitrogens is 2. The van der Waals surface area contributed by atoms with E-state index in [0.717, 1.165) is 38.6 Å². The lowest BCUT2D eigenvalue weighted by atomic mass is 9.98. The minimum absolute atomic E-state index is 0.297. The minimum Gasteiger partial charge on any atom is -0.478 e. The summed E-state index contributed by atoms with van der Waals surface area (Å²) in [5, 5.41) is 11.1. The van der Waals surface area contributed by atoms with E-state index in [-0.39, 0.29) is 0 Å². The quantitative estimate of drug-likeness (QED) is 0.457. The van der Waals surface area contributed by atoms with E-state index in [1.54, 1.807) is 12.1 Å². The van der Waals surface area contributed by atoms with E-state index in [1.165, 1.54) is 0 Å². The molecule has 0 atom stereocenters. The second kappa shape index (κ2) is 6.35. The molecule has 5 aromatic rings. The van der Waals surface area contributed by atoms with Gasteiger partial charge in [0.25, 0.3) is 0 Å². The van der Waals surface area contributed by atoms with Crippen molar-refractivity contribution in [3.05, 3.63) is 96.8 Å². The Kier molecular flexibility index (Phi) is 3.69. The fourth-order valence-electron chi connectivity index (χ4n) is 3.63. The maximum Gasteiger partial charge on any atom is 0.335 e. The standard InChI is InChI=1S/C24H16N2O2/c27-24(28)19-12-10-16-13-18(11-9-17(16)14-19)20-5-1-3-7-22(20)26-15-25-21-6-2-4-8-23(21)26/h1-15H,(H,27,28). The number of nitrogens with zero attached hydrogens (tertiary/aromatic N) is 2. The summed E-state index contributed by atoms with van der Waals surface area (Å²) >= 11 is 0. The van der Waals surface area contributed by atoms with Crippen molar-refractivity contribution in [1.29, 1.82) is 0 Å². The van der Waals surface area contributed by atoms with E-state index in [9.17, 15) is 9.90 Å². The van der Waals surface area contributed by atoms with E-state index in [4.69, 9.17) is 0 Å². The molecule has 4 heteroatoms. The van der Waals surface area contributed by atoms with Crippen LogP contribution in [0, 0.1) is 0 Å². The molecular weight excluding hydrogens is 348 g/mol. The Balaban J connectivity index is 1.68. The number of carboxylic acid groups (broad SMARTS) is 1. The molecule has 5 rings (SSSR count). The molecule has 0 amide bonds. The van der Waals surface area contributed by atoms with Gasteiger partial charge in [-0.15, -0.1) is 0 Å². The van der Waals surface area contributed by atoms with Gasteiger partial charge in [-0.2, -0.15) is 0 Å². The lowest BCUT2D eigenvalue weighted by Crippen LogP contribution is -1.96. The summed E-state index contributed by atoms with van der Waals surface area (Å²) in [6.07, 6.45) is 1.85. The molecule has 0 aliphatic carbocycles. The fraction of sp³-hybridized carbons (Fsp3) is 0. The average Bonchev–Trinajstić information content (AvgIpc) is 3.17. The van der Waals surface area contributed by atoms with Crippen molar-refractivity contribution in [3.8, 4) is 16.8 Å². The Hall–Kier alpha value is -3.92. The molecule has 1 N–H and O–H groups in total. The first-order valence-corrected chi connectivity index (χ1v) is 9.00. The molecule has 0 aliphatic heterocycles. The predicted molar refractivity (Wildman–Crippen MR) is 111 cm³/mol. The topological polar surface area (TPSA) is 55.1 Å². The van der Waals surface area contributed by atoms with Gasteiger partial charge in [-0.3, -0.25) is 4.57 Å². The third-order valence-corrected chi connectivity index (χ3v) is 5.02. The van der Waals surface area contributed by atoms with Crippen molar-refractivity contribution in [2.75, 3.05) is 0 Å². The third-order valence-electron chi connectivity index (χ3n) is 5.02. The van der Waals surface area contributed by atoms with Crippen molar-refractivity contribution in [1.82, 2.24) is 9.55 Å². The second-order valence-electron chi connectivity index (χ2n) is 6.70. The van der Waals surface area contributed by atoms with Gasteiger partial charge in [0.1, 0.15) is 6.33 Å². The van der Waals surface area contributed by atoms with Crippen molar-refractivity contribution in [2.24, 2.45) is 0 Å². The maximum atomic E-state index is 11.2. The summed E-state index contributed by atoms with van der Waals surface area (Å²) < 4.78 is 2.10. The van der Waals surface area contributed by atoms with Gasteiger partial charge in [0.05, 0.1) is 22.3 Å². The van der Waals surface area contributed by atoms with Gasteiger partial charge in [0.15, 0.2) is 0 Å². The summed E-state index contributed by atoms with van der Waals surface area (Å²) in [6, 6.07) is 27.6. The molecule has 28 heavy (non-hydrogen) atoms. The number of hydrogen-bond acceptors (Lipinski definition) is 2. The summed E-state index contributed by atoms with van der Waals surface area (Å²) in [5.41, 5.74) is 5.53. The van der Waals surface area contributed by atoms with Crippen LogP contribution in [-0.2, 0) is 0 Å². The van der Waals surface area contributed by atoms with Crippen molar-refractivity contribution in [2.45, 2.75) is 0 Å². The largest absolute Gasteiger partial charge is 0.478 e. The highest BCUT2D eigenvalue weighted by Gasteiger charge is 2.11. The van der Waals surface area contributed by atoms with Gasteiger partial charge in [-0.05, 0) is 52.7 Å². The zero-order valence-electron chi connectivity index (χ0n) is 14.9. The Morgan fingerprint density at radius 3 is 2.46 bits per heavy atom. The van der Waals surface area contributed by atoms with E-state index >= 15 is 0 Å². The van der Waals surface area contributed by atoms with E-state index in [1.807, 2.05) is 54.9 Å². The molecule has 0 bridgehead atoms. The number of hydrogen-bond donors (Lipinski definition) is 1. The van der Waals surface area contributed by atoms with Gasteiger partial charge < -0.3 is 5.11 Å². The number of para-hydroxylation sites is 3. The first-order valence-electron chi connectivity index (χ1n) is 9.00. The van der Waals surface area contributed by atoms with Gasteiger partial charge in [0, 0.05) is 5.56 Å². The molecule has 0 fully saturated rings. The van der Waals surface area contributed by atoms with Gasteiger partial charge in [0.2, 0.25) is 0 Å². The van der Waals surface area contributed by atoms with E-state index in [2.05, 4.69) is 33.8 Å². The molecular formula is C24H16N2O2. The van der Waals surface area contributed by atoms with E-state index < -0.39 is 5.97 Å². The maximum absolute atomic E-state index is 11.2. The lowest BCUT2D eigenvalue weighted by Gasteiger charge is -2.12. The molecule has 1 aromatic heterocycles. The van der Waals surface area contributed by atoms with Gasteiger partial charge in [-0.1, -0.05) is 48.5 Å². The normalized spacial score (nSPS) is 11.1. The molecule has 0 radical (unpaired) electrons. The molecule has 0 aliphatic rings. The predicted octanol–water partition coefficient (Wildman–Crippen LogP) is 5.54. The molecule has 0 spiro atoms. The molecule has 0 unspecified atom stereocenters. The van der Waals surface area contributed by atoms with Crippen LogP contribution in [0.2, 0.25) is 0 Å². The zero-order chi connectivity index (χ0) is 19.1. The van der Waals surface area contributed by atoms with Crippen molar-refractivity contribution < 1.29 is 9.90 Å². The van der Waals surface area contributed by atoms with Crippen LogP contribution in [0.5, 0.6) is 0 Å². The first kappa shape index (κ1) is 16.3. The van der Waals surface area contributed by atoms with Crippen LogP contribution in [0.15, 0.2) is 91.3 Å². The number of fused-ring (bicyclic) bond motifs is 2. The molecule has 0 saturated carbocycles. The molecule has 1 heterocycles. The number of benzene rings is 4. The van der Waals surface area contributed by atoms with Crippen LogP contribution in [0.25, 0.3) is 38.6 Å². The second-order valence-corrected chi connectivity index (χ2v) is 6.70. The summed E-state index contributed by atoms with van der Waals surface area (Å²) in [7, 11) is 0. The number of carboxylic acids is 1. The highest BCUT2D eigenvalue weighted by atomic mass is 16.4. The minimum atomic E-state index is -0.914. The Morgan fingerprint density at radius 2 is 1.57 bits per heavy atom. The number of aromatic carboxylic acids is 1. The Bertz CT molecular complexity index is 1350. The van der Waals surface area contributed by atoms with Crippen LogP contribution < -0.4 is 0 Å². The van der Waals surface area contributed by atoms with Crippen molar-refractivity contribution in [3.63, 3.8) is 0 Å². The smallest absolute Gasteiger partial charge is 0.335 e. The first-order chi connectivity index (χ1) is 13.7.